The molecule has 1 aromatic carbocycles. The standard InChI is InChI=1S/C14H23NO3/c1-10(15-8-14(2,3)9-16)11-5-6-12(17)13(7-11)18-4/h5-7,10,15-17H,8-9H2,1-4H3. The van der Waals surface area contributed by atoms with Gasteiger partial charge in [-0.15, -0.1) is 0 Å². The third-order valence-electron chi connectivity index (χ3n) is 3.02. The van der Waals surface area contributed by atoms with Crippen LogP contribution >= 0.6 is 0 Å². The van der Waals surface area contributed by atoms with Crippen LogP contribution < -0.4 is 10.1 Å². The highest BCUT2D eigenvalue weighted by Crippen LogP contribution is 2.29. The molecule has 0 aliphatic rings. The summed E-state index contributed by atoms with van der Waals surface area (Å²) in [7, 11) is 1.53. The first-order valence-electron chi connectivity index (χ1n) is 6.11. The van der Waals surface area contributed by atoms with Crippen LogP contribution in [-0.2, 0) is 0 Å². The maximum absolute atomic E-state index is 9.54. The van der Waals surface area contributed by atoms with E-state index in [0.29, 0.717) is 12.3 Å². The van der Waals surface area contributed by atoms with Crippen molar-refractivity contribution in [1.82, 2.24) is 5.32 Å². The van der Waals surface area contributed by atoms with Crippen molar-refractivity contribution in [3.8, 4) is 11.5 Å². The van der Waals surface area contributed by atoms with Crippen LogP contribution in [0, 0.1) is 5.41 Å². The highest BCUT2D eigenvalue weighted by Gasteiger charge is 2.18. The van der Waals surface area contributed by atoms with Crippen LogP contribution in [-0.4, -0.2) is 30.5 Å². The molecular formula is C14H23NO3. The highest BCUT2D eigenvalue weighted by atomic mass is 16.5. The number of methoxy groups -OCH3 is 1. The second kappa shape index (κ2) is 6.07. The molecule has 0 aromatic heterocycles. The lowest BCUT2D eigenvalue weighted by Gasteiger charge is -2.25. The number of hydrogen-bond donors (Lipinski definition) is 3. The van der Waals surface area contributed by atoms with Gasteiger partial charge in [0.25, 0.3) is 0 Å². The average molecular weight is 253 g/mol. The van der Waals surface area contributed by atoms with Gasteiger partial charge in [-0.2, -0.15) is 0 Å². The van der Waals surface area contributed by atoms with Crippen LogP contribution in [0.5, 0.6) is 11.5 Å². The number of phenols is 1. The van der Waals surface area contributed by atoms with Gasteiger partial charge in [0.15, 0.2) is 11.5 Å². The Kier molecular flexibility index (Phi) is 4.99. The second-order valence-corrected chi connectivity index (χ2v) is 5.36. The van der Waals surface area contributed by atoms with Gasteiger partial charge in [0.05, 0.1) is 7.11 Å². The maximum atomic E-state index is 9.54. The predicted molar refractivity (Wildman–Crippen MR) is 71.9 cm³/mol. The number of phenolic OH excluding ortho intramolecular Hbond substituents is 1. The quantitative estimate of drug-likeness (QED) is 0.726. The molecule has 4 heteroatoms. The van der Waals surface area contributed by atoms with Gasteiger partial charge in [0.2, 0.25) is 0 Å². The summed E-state index contributed by atoms with van der Waals surface area (Å²) in [5.74, 6) is 0.617. The first kappa shape index (κ1) is 14.8. The van der Waals surface area contributed by atoms with Crippen LogP contribution in [0.3, 0.4) is 0 Å². The van der Waals surface area contributed by atoms with Gasteiger partial charge in [-0.3, -0.25) is 0 Å². The summed E-state index contributed by atoms with van der Waals surface area (Å²) < 4.78 is 5.08. The molecule has 0 saturated carbocycles. The van der Waals surface area contributed by atoms with E-state index in [1.807, 2.05) is 32.9 Å². The van der Waals surface area contributed by atoms with Crippen molar-refractivity contribution in [3.05, 3.63) is 23.8 Å². The minimum atomic E-state index is -0.144. The van der Waals surface area contributed by atoms with Gasteiger partial charge in [-0.25, -0.2) is 0 Å². The van der Waals surface area contributed by atoms with E-state index in [4.69, 9.17) is 4.74 Å². The van der Waals surface area contributed by atoms with E-state index in [1.165, 1.54) is 7.11 Å². The monoisotopic (exact) mass is 253 g/mol. The fourth-order valence-electron chi connectivity index (χ4n) is 1.57. The van der Waals surface area contributed by atoms with E-state index in [-0.39, 0.29) is 23.8 Å². The molecule has 18 heavy (non-hydrogen) atoms. The molecule has 0 saturated heterocycles. The minimum Gasteiger partial charge on any atom is -0.504 e. The van der Waals surface area contributed by atoms with Gasteiger partial charge in [-0.1, -0.05) is 19.9 Å². The van der Waals surface area contributed by atoms with E-state index >= 15 is 0 Å². The topological polar surface area (TPSA) is 61.7 Å². The molecule has 1 aromatic rings. The van der Waals surface area contributed by atoms with Gasteiger partial charge >= 0.3 is 0 Å². The van der Waals surface area contributed by atoms with Crippen molar-refractivity contribution in [2.45, 2.75) is 26.8 Å². The van der Waals surface area contributed by atoms with Crippen LogP contribution in [0.25, 0.3) is 0 Å². The number of ether oxygens (including phenoxy) is 1. The molecule has 0 heterocycles. The minimum absolute atomic E-state index is 0.130. The van der Waals surface area contributed by atoms with Crippen LogP contribution in [0.4, 0.5) is 0 Å². The molecule has 0 aliphatic carbocycles. The zero-order valence-electron chi connectivity index (χ0n) is 11.5. The summed E-state index contributed by atoms with van der Waals surface area (Å²) in [5.41, 5.74) is 0.897. The smallest absolute Gasteiger partial charge is 0.160 e. The van der Waals surface area contributed by atoms with E-state index in [0.717, 1.165) is 5.56 Å². The first-order chi connectivity index (χ1) is 8.39. The molecule has 0 spiro atoms. The van der Waals surface area contributed by atoms with Gasteiger partial charge in [-0.05, 0) is 24.6 Å². The number of nitrogens with one attached hydrogen (secondary N) is 1. The second-order valence-electron chi connectivity index (χ2n) is 5.36. The number of aromatic hydroxyl groups is 1. The molecule has 0 bridgehead atoms. The average Bonchev–Trinajstić information content (AvgIpc) is 2.36. The van der Waals surface area contributed by atoms with Gasteiger partial charge in [0, 0.05) is 24.6 Å². The van der Waals surface area contributed by atoms with Gasteiger partial charge in [0.1, 0.15) is 0 Å². The normalized spacial score (nSPS) is 13.4. The van der Waals surface area contributed by atoms with E-state index in [2.05, 4.69) is 5.32 Å². The molecule has 0 amide bonds. The van der Waals surface area contributed by atoms with Crippen molar-refractivity contribution in [2.75, 3.05) is 20.3 Å². The van der Waals surface area contributed by atoms with Crippen molar-refractivity contribution in [1.29, 1.82) is 0 Å². The molecule has 0 aliphatic heterocycles. The van der Waals surface area contributed by atoms with Gasteiger partial charge < -0.3 is 20.3 Å². The van der Waals surface area contributed by atoms with Crippen molar-refractivity contribution < 1.29 is 14.9 Å². The summed E-state index contributed by atoms with van der Waals surface area (Å²) in [6.07, 6.45) is 0. The van der Waals surface area contributed by atoms with Crippen molar-refractivity contribution in [2.24, 2.45) is 5.41 Å². The third-order valence-corrected chi connectivity index (χ3v) is 3.02. The summed E-state index contributed by atoms with van der Waals surface area (Å²) in [6.45, 7) is 6.91. The summed E-state index contributed by atoms with van der Waals surface area (Å²) in [6, 6.07) is 5.44. The third kappa shape index (κ3) is 3.89. The zero-order valence-corrected chi connectivity index (χ0v) is 11.5. The number of hydrogen-bond acceptors (Lipinski definition) is 4. The largest absolute Gasteiger partial charge is 0.504 e. The Morgan fingerprint density at radius 3 is 2.61 bits per heavy atom. The Hall–Kier alpha value is -1.26. The van der Waals surface area contributed by atoms with Crippen LogP contribution in [0.1, 0.15) is 32.4 Å². The van der Waals surface area contributed by atoms with E-state index in [9.17, 15) is 10.2 Å². The van der Waals surface area contributed by atoms with Crippen molar-refractivity contribution >= 4 is 0 Å². The molecule has 4 nitrogen and oxygen atoms in total. The Bertz CT molecular complexity index is 391. The lowest BCUT2D eigenvalue weighted by atomic mass is 9.94. The van der Waals surface area contributed by atoms with E-state index in [1.54, 1.807) is 6.07 Å². The molecule has 3 N–H and O–H groups in total. The summed E-state index contributed by atoms with van der Waals surface area (Å²) in [5, 5.41) is 22.1. The Morgan fingerprint density at radius 1 is 1.39 bits per heavy atom. The Morgan fingerprint density at radius 2 is 2.06 bits per heavy atom. The fraction of sp³-hybridized carbons (Fsp3) is 0.571. The Balaban J connectivity index is 2.70. The molecule has 102 valence electrons. The summed E-state index contributed by atoms with van der Waals surface area (Å²) >= 11 is 0. The number of aliphatic hydroxyl groups excluding tert-OH is 1. The molecule has 1 atom stereocenters. The van der Waals surface area contributed by atoms with Crippen LogP contribution in [0.15, 0.2) is 18.2 Å². The molecular weight excluding hydrogens is 230 g/mol. The lowest BCUT2D eigenvalue weighted by molar-refractivity contribution is 0.154. The number of benzene rings is 1. The molecule has 0 fully saturated rings. The Labute approximate surface area is 109 Å². The first-order valence-corrected chi connectivity index (χ1v) is 6.11. The zero-order chi connectivity index (χ0) is 13.8. The maximum Gasteiger partial charge on any atom is 0.160 e. The SMILES string of the molecule is COc1cc(C(C)NCC(C)(C)CO)ccc1O. The molecule has 0 radical (unpaired) electrons. The summed E-state index contributed by atoms with van der Waals surface area (Å²) in [4.78, 5) is 0. The lowest BCUT2D eigenvalue weighted by Crippen LogP contribution is -2.33. The van der Waals surface area contributed by atoms with Crippen molar-refractivity contribution in [3.63, 3.8) is 0 Å². The number of aliphatic hydroxyl groups is 1. The highest BCUT2D eigenvalue weighted by molar-refractivity contribution is 5.42. The molecule has 1 unspecified atom stereocenters. The fourth-order valence-corrected chi connectivity index (χ4v) is 1.57. The molecule has 1 rings (SSSR count). The van der Waals surface area contributed by atoms with Crippen LogP contribution in [0.2, 0.25) is 0 Å². The van der Waals surface area contributed by atoms with E-state index < -0.39 is 0 Å². The number of rotatable bonds is 6. The predicted octanol–water partition coefficient (Wildman–Crippen LogP) is 2.07.